The van der Waals surface area contributed by atoms with Crippen LogP contribution in [0.4, 0.5) is 5.69 Å². The predicted octanol–water partition coefficient (Wildman–Crippen LogP) is 1.02. The fourth-order valence-electron chi connectivity index (χ4n) is 2.07. The summed E-state index contributed by atoms with van der Waals surface area (Å²) in [4.78, 5) is 45.4. The van der Waals surface area contributed by atoms with Crippen LogP contribution in [-0.2, 0) is 24.6 Å². The first-order valence-electron chi connectivity index (χ1n) is 8.28. The van der Waals surface area contributed by atoms with Gasteiger partial charge in [0.25, 0.3) is 0 Å². The van der Waals surface area contributed by atoms with Crippen molar-refractivity contribution in [2.75, 3.05) is 18.4 Å². The smallest absolute Gasteiger partial charge is 0.313 e. The first kappa shape index (κ1) is 21.1. The van der Waals surface area contributed by atoms with Crippen LogP contribution in [0.1, 0.15) is 39.2 Å². The Morgan fingerprint density at radius 3 is 2.00 bits per heavy atom. The van der Waals surface area contributed by atoms with Crippen molar-refractivity contribution in [1.82, 2.24) is 10.6 Å². The fraction of sp³-hybridized carbons (Fsp3) is 0.444. The van der Waals surface area contributed by atoms with Gasteiger partial charge < -0.3 is 21.1 Å². The van der Waals surface area contributed by atoms with Crippen molar-refractivity contribution in [3.63, 3.8) is 0 Å². The van der Waals surface area contributed by atoms with E-state index in [0.717, 1.165) is 0 Å². The highest BCUT2D eigenvalue weighted by atomic mass is 16.4. The van der Waals surface area contributed by atoms with E-state index in [4.69, 9.17) is 0 Å². The van der Waals surface area contributed by atoms with Crippen molar-refractivity contribution < 1.29 is 24.3 Å². The summed E-state index contributed by atoms with van der Waals surface area (Å²) in [5.74, 6) is -1.69. The minimum Gasteiger partial charge on any atom is -0.481 e. The van der Waals surface area contributed by atoms with E-state index in [2.05, 4.69) is 16.0 Å². The maximum Gasteiger partial charge on any atom is 0.313 e. The summed E-state index contributed by atoms with van der Waals surface area (Å²) in [6, 6.07) is 6.56. The third kappa shape index (κ3) is 6.92. The number of hydrogen-bond acceptors (Lipinski definition) is 4. The second-order valence-electron chi connectivity index (χ2n) is 6.39. The Balaban J connectivity index is 2.40. The predicted molar refractivity (Wildman–Crippen MR) is 96.7 cm³/mol. The average molecular weight is 363 g/mol. The fourth-order valence-corrected chi connectivity index (χ4v) is 2.07. The summed E-state index contributed by atoms with van der Waals surface area (Å²) in [7, 11) is 0. The van der Waals surface area contributed by atoms with Crippen LogP contribution in [-0.4, -0.2) is 41.9 Å². The summed E-state index contributed by atoms with van der Waals surface area (Å²) in [6.45, 7) is 5.25. The Bertz CT molecular complexity index is 668. The van der Waals surface area contributed by atoms with Gasteiger partial charge in [0, 0.05) is 38.5 Å². The van der Waals surface area contributed by atoms with Crippen molar-refractivity contribution >= 4 is 29.4 Å². The van der Waals surface area contributed by atoms with Gasteiger partial charge in [0.05, 0.1) is 5.41 Å². The van der Waals surface area contributed by atoms with Gasteiger partial charge in [-0.1, -0.05) is 12.1 Å². The number of carboxylic acid groups (broad SMARTS) is 1. The standard InChI is InChI=1S/C18H25N3O5/c1-12(22)19-10-11-20-15(23)8-9-16(24)21-14-6-4-13(5-7-14)18(2,3)17(25)26/h4-7H,8-11H2,1-3H3,(H,19,22)(H,20,23)(H,21,24)(H,25,26). The number of carbonyl (C=O) groups excluding carboxylic acids is 3. The molecule has 0 radical (unpaired) electrons. The van der Waals surface area contributed by atoms with Gasteiger partial charge in [-0.05, 0) is 31.5 Å². The Morgan fingerprint density at radius 1 is 0.923 bits per heavy atom. The van der Waals surface area contributed by atoms with Crippen LogP contribution in [0.3, 0.4) is 0 Å². The molecule has 0 aliphatic carbocycles. The normalized spacial score (nSPS) is 10.7. The molecule has 0 aliphatic rings. The molecule has 4 N–H and O–H groups in total. The molecule has 0 atom stereocenters. The van der Waals surface area contributed by atoms with Crippen molar-refractivity contribution in [3.05, 3.63) is 29.8 Å². The molecule has 26 heavy (non-hydrogen) atoms. The molecule has 0 aliphatic heterocycles. The zero-order valence-corrected chi connectivity index (χ0v) is 15.2. The summed E-state index contributed by atoms with van der Waals surface area (Å²) in [6.07, 6.45) is 0.0599. The zero-order valence-electron chi connectivity index (χ0n) is 15.2. The second-order valence-corrected chi connectivity index (χ2v) is 6.39. The Kier molecular flexibility index (Phi) is 7.77. The Morgan fingerprint density at radius 2 is 1.46 bits per heavy atom. The summed E-state index contributed by atoms with van der Waals surface area (Å²) in [5.41, 5.74) is 0.144. The van der Waals surface area contributed by atoms with E-state index in [-0.39, 0.29) is 30.6 Å². The van der Waals surface area contributed by atoms with Crippen LogP contribution in [0.25, 0.3) is 0 Å². The number of hydrogen-bond donors (Lipinski definition) is 4. The van der Waals surface area contributed by atoms with Gasteiger partial charge in [-0.25, -0.2) is 0 Å². The molecule has 1 aromatic rings. The minimum atomic E-state index is -1.02. The Labute approximate surface area is 152 Å². The van der Waals surface area contributed by atoms with Gasteiger partial charge in [-0.15, -0.1) is 0 Å². The molecule has 0 heterocycles. The molecule has 1 aromatic carbocycles. The van der Waals surface area contributed by atoms with Crippen LogP contribution in [0, 0.1) is 0 Å². The molecule has 0 spiro atoms. The molecule has 3 amide bonds. The van der Waals surface area contributed by atoms with E-state index in [1.165, 1.54) is 6.92 Å². The number of anilines is 1. The molecule has 8 nitrogen and oxygen atoms in total. The van der Waals surface area contributed by atoms with E-state index >= 15 is 0 Å². The van der Waals surface area contributed by atoms with Crippen molar-refractivity contribution in [3.8, 4) is 0 Å². The van der Waals surface area contributed by atoms with Gasteiger partial charge >= 0.3 is 5.97 Å². The average Bonchev–Trinajstić information content (AvgIpc) is 2.57. The Hall–Kier alpha value is -2.90. The van der Waals surface area contributed by atoms with Gasteiger partial charge in [-0.3, -0.25) is 19.2 Å². The van der Waals surface area contributed by atoms with Crippen LogP contribution in [0.15, 0.2) is 24.3 Å². The van der Waals surface area contributed by atoms with Gasteiger partial charge in [0.15, 0.2) is 0 Å². The highest BCUT2D eigenvalue weighted by Gasteiger charge is 2.29. The maximum atomic E-state index is 11.9. The van der Waals surface area contributed by atoms with Gasteiger partial charge in [-0.2, -0.15) is 0 Å². The number of benzene rings is 1. The molecule has 0 unspecified atom stereocenters. The van der Waals surface area contributed by atoms with Crippen LogP contribution in [0.2, 0.25) is 0 Å². The van der Waals surface area contributed by atoms with Crippen molar-refractivity contribution in [2.24, 2.45) is 0 Å². The third-order valence-electron chi connectivity index (χ3n) is 3.83. The van der Waals surface area contributed by atoms with Gasteiger partial charge in [0.1, 0.15) is 0 Å². The quantitative estimate of drug-likeness (QED) is 0.488. The summed E-state index contributed by atoms with van der Waals surface area (Å²) in [5, 5.41) is 17.0. The highest BCUT2D eigenvalue weighted by molar-refractivity contribution is 5.93. The molecule has 0 aromatic heterocycles. The molecule has 0 saturated carbocycles. The SMILES string of the molecule is CC(=O)NCCNC(=O)CCC(=O)Nc1ccc(C(C)(C)C(=O)O)cc1. The van der Waals surface area contributed by atoms with Crippen molar-refractivity contribution in [1.29, 1.82) is 0 Å². The number of carboxylic acids is 1. The maximum absolute atomic E-state index is 11.9. The van der Waals surface area contributed by atoms with E-state index in [0.29, 0.717) is 24.3 Å². The number of rotatable bonds is 9. The number of aliphatic carboxylic acids is 1. The summed E-state index contributed by atoms with van der Waals surface area (Å²) >= 11 is 0. The van der Waals surface area contributed by atoms with E-state index < -0.39 is 11.4 Å². The highest BCUT2D eigenvalue weighted by Crippen LogP contribution is 2.24. The summed E-state index contributed by atoms with van der Waals surface area (Å²) < 4.78 is 0. The van der Waals surface area contributed by atoms with Crippen LogP contribution in [0.5, 0.6) is 0 Å². The minimum absolute atomic E-state index is 0.0222. The molecule has 0 bridgehead atoms. The first-order chi connectivity index (χ1) is 12.1. The zero-order chi connectivity index (χ0) is 19.7. The lowest BCUT2D eigenvalue weighted by Gasteiger charge is -2.19. The first-order valence-corrected chi connectivity index (χ1v) is 8.28. The molecule has 1 rings (SSSR count). The lowest BCUT2D eigenvalue weighted by molar-refractivity contribution is -0.142. The molecule has 0 saturated heterocycles. The molecule has 142 valence electrons. The molecular weight excluding hydrogens is 338 g/mol. The second kappa shape index (κ2) is 9.55. The third-order valence-corrected chi connectivity index (χ3v) is 3.83. The largest absolute Gasteiger partial charge is 0.481 e. The monoisotopic (exact) mass is 363 g/mol. The van der Waals surface area contributed by atoms with E-state index in [9.17, 15) is 24.3 Å². The molecule has 8 heteroatoms. The number of nitrogens with one attached hydrogen (secondary N) is 3. The lowest BCUT2D eigenvalue weighted by atomic mass is 9.85. The van der Waals surface area contributed by atoms with Gasteiger partial charge in [0.2, 0.25) is 17.7 Å². The molecule has 0 fully saturated rings. The molecular formula is C18H25N3O5. The van der Waals surface area contributed by atoms with E-state index in [1.807, 2.05) is 0 Å². The number of amides is 3. The topological polar surface area (TPSA) is 125 Å². The van der Waals surface area contributed by atoms with Crippen LogP contribution >= 0.6 is 0 Å². The van der Waals surface area contributed by atoms with E-state index in [1.54, 1.807) is 38.1 Å². The van der Waals surface area contributed by atoms with Crippen LogP contribution < -0.4 is 16.0 Å². The number of carbonyl (C=O) groups is 4. The lowest BCUT2D eigenvalue weighted by Crippen LogP contribution is -2.33. The van der Waals surface area contributed by atoms with Crippen molar-refractivity contribution in [2.45, 2.75) is 39.0 Å².